The van der Waals surface area contributed by atoms with Gasteiger partial charge in [0.1, 0.15) is 11.3 Å². The highest BCUT2D eigenvalue weighted by Gasteiger charge is 2.16. The van der Waals surface area contributed by atoms with Crippen LogP contribution in [0.3, 0.4) is 0 Å². The van der Waals surface area contributed by atoms with Gasteiger partial charge in [0.05, 0.1) is 9.50 Å². The minimum Gasteiger partial charge on any atom is -0.250 e. The lowest BCUT2D eigenvalue weighted by molar-refractivity contribution is 0.585. The number of pyridine rings is 1. The fraction of sp³-hybridized carbons (Fsp3) is 0.308. The number of aromatic nitrogens is 1. The minimum absolute atomic E-state index is 0.103. The predicted molar refractivity (Wildman–Crippen MR) is 72.9 cm³/mol. The Bertz CT molecular complexity index is 614. The largest absolute Gasteiger partial charge is 0.250 e. The fourth-order valence-electron chi connectivity index (χ4n) is 1.83. The van der Waals surface area contributed by atoms with Gasteiger partial charge in [0.15, 0.2) is 5.82 Å². The smallest absolute Gasteiger partial charge is 0.152 e. The molecular formula is C13H11BrClF2N. The van der Waals surface area contributed by atoms with Crippen LogP contribution in [0.15, 0.2) is 16.6 Å². The molecule has 0 aliphatic carbocycles. The third kappa shape index (κ3) is 2.50. The van der Waals surface area contributed by atoms with E-state index < -0.39 is 11.6 Å². The molecule has 2 aromatic rings. The van der Waals surface area contributed by atoms with Crippen LogP contribution in [0.2, 0.25) is 5.02 Å². The van der Waals surface area contributed by atoms with Gasteiger partial charge in [0.25, 0.3) is 0 Å². The van der Waals surface area contributed by atoms with Crippen LogP contribution in [0.1, 0.15) is 19.5 Å². The number of fused-ring (bicyclic) bond motifs is 1. The van der Waals surface area contributed by atoms with E-state index in [0.29, 0.717) is 23.1 Å². The first-order valence-electron chi connectivity index (χ1n) is 5.52. The second kappa shape index (κ2) is 5.10. The molecule has 1 heterocycles. The van der Waals surface area contributed by atoms with Gasteiger partial charge in [-0.15, -0.1) is 0 Å². The maximum Gasteiger partial charge on any atom is 0.152 e. The lowest BCUT2D eigenvalue weighted by Crippen LogP contribution is -2.00. The van der Waals surface area contributed by atoms with Crippen molar-refractivity contribution in [1.82, 2.24) is 4.98 Å². The predicted octanol–water partition coefficient (Wildman–Crippen LogP) is 5.13. The average molecular weight is 335 g/mol. The molecular weight excluding hydrogens is 324 g/mol. The van der Waals surface area contributed by atoms with Gasteiger partial charge in [0, 0.05) is 17.1 Å². The third-order valence-electron chi connectivity index (χ3n) is 2.55. The van der Waals surface area contributed by atoms with E-state index in [-0.39, 0.29) is 15.4 Å². The molecule has 0 unspecified atom stereocenters. The first-order chi connectivity index (χ1) is 8.40. The van der Waals surface area contributed by atoms with Crippen LogP contribution < -0.4 is 0 Å². The van der Waals surface area contributed by atoms with Gasteiger partial charge in [-0.25, -0.2) is 13.8 Å². The Balaban J connectivity index is 2.73. The van der Waals surface area contributed by atoms with Gasteiger partial charge in [-0.1, -0.05) is 25.4 Å². The first-order valence-corrected chi connectivity index (χ1v) is 6.70. The highest BCUT2D eigenvalue weighted by Crippen LogP contribution is 2.34. The van der Waals surface area contributed by atoms with Crippen molar-refractivity contribution >= 4 is 38.4 Å². The summed E-state index contributed by atoms with van der Waals surface area (Å²) in [6.45, 7) is 4.08. The molecule has 1 aromatic carbocycles. The normalized spacial score (nSPS) is 11.5. The van der Waals surface area contributed by atoms with Crippen LogP contribution in [0.5, 0.6) is 0 Å². The lowest BCUT2D eigenvalue weighted by Gasteiger charge is -2.10. The number of halogens is 4. The highest BCUT2D eigenvalue weighted by atomic mass is 79.9. The molecule has 0 amide bonds. The SMILES string of the molecule is CC(C)Cc1cc(Cl)c2c(Br)c(F)cc(F)c2n1. The Morgan fingerprint density at radius 3 is 2.56 bits per heavy atom. The van der Waals surface area contributed by atoms with Crippen molar-refractivity contribution in [3.63, 3.8) is 0 Å². The molecule has 0 radical (unpaired) electrons. The number of benzene rings is 1. The summed E-state index contributed by atoms with van der Waals surface area (Å²) in [7, 11) is 0. The Morgan fingerprint density at radius 2 is 1.94 bits per heavy atom. The molecule has 0 spiro atoms. The summed E-state index contributed by atoms with van der Waals surface area (Å²) in [5.74, 6) is -0.989. The van der Waals surface area contributed by atoms with Crippen molar-refractivity contribution < 1.29 is 8.78 Å². The summed E-state index contributed by atoms with van der Waals surface area (Å²) in [5.41, 5.74) is 0.811. The molecule has 2 rings (SSSR count). The van der Waals surface area contributed by atoms with Crippen LogP contribution in [-0.4, -0.2) is 4.98 Å². The molecule has 0 fully saturated rings. The van der Waals surface area contributed by atoms with Gasteiger partial charge in [-0.2, -0.15) is 0 Å². The maximum absolute atomic E-state index is 13.7. The third-order valence-corrected chi connectivity index (χ3v) is 3.62. The first kappa shape index (κ1) is 13.7. The number of hydrogen-bond acceptors (Lipinski definition) is 1. The van der Waals surface area contributed by atoms with E-state index in [9.17, 15) is 8.78 Å². The molecule has 0 saturated heterocycles. The van der Waals surface area contributed by atoms with Gasteiger partial charge < -0.3 is 0 Å². The summed E-state index contributed by atoms with van der Waals surface area (Å²) in [5, 5.41) is 0.586. The summed E-state index contributed by atoms with van der Waals surface area (Å²) in [6.07, 6.45) is 0.699. The van der Waals surface area contributed by atoms with Crippen LogP contribution in [0, 0.1) is 17.6 Å². The van der Waals surface area contributed by atoms with Gasteiger partial charge in [0.2, 0.25) is 0 Å². The van der Waals surface area contributed by atoms with Gasteiger partial charge in [-0.05, 0) is 34.3 Å². The van der Waals surface area contributed by atoms with Crippen LogP contribution >= 0.6 is 27.5 Å². The van der Waals surface area contributed by atoms with Crippen molar-refractivity contribution in [2.24, 2.45) is 5.92 Å². The van der Waals surface area contributed by atoms with E-state index in [2.05, 4.69) is 20.9 Å². The molecule has 5 heteroatoms. The minimum atomic E-state index is -0.696. The van der Waals surface area contributed by atoms with Crippen molar-refractivity contribution in [2.75, 3.05) is 0 Å². The maximum atomic E-state index is 13.7. The second-order valence-electron chi connectivity index (χ2n) is 4.57. The van der Waals surface area contributed by atoms with Gasteiger partial charge in [-0.3, -0.25) is 0 Å². The zero-order valence-electron chi connectivity index (χ0n) is 9.90. The number of nitrogens with zero attached hydrogens (tertiary/aromatic N) is 1. The van der Waals surface area contributed by atoms with E-state index in [4.69, 9.17) is 11.6 Å². The van der Waals surface area contributed by atoms with Crippen molar-refractivity contribution in [3.05, 3.63) is 39.0 Å². The van der Waals surface area contributed by atoms with E-state index >= 15 is 0 Å². The lowest BCUT2D eigenvalue weighted by atomic mass is 10.1. The quantitative estimate of drug-likeness (QED) is 0.694. The zero-order chi connectivity index (χ0) is 13.4. The molecule has 0 aliphatic rings. The zero-order valence-corrected chi connectivity index (χ0v) is 12.2. The van der Waals surface area contributed by atoms with Crippen molar-refractivity contribution in [3.8, 4) is 0 Å². The molecule has 0 atom stereocenters. The Hall–Kier alpha value is -0.740. The molecule has 96 valence electrons. The van der Waals surface area contributed by atoms with E-state index in [1.54, 1.807) is 6.07 Å². The second-order valence-corrected chi connectivity index (χ2v) is 5.77. The summed E-state index contributed by atoms with van der Waals surface area (Å²) < 4.78 is 27.3. The number of rotatable bonds is 2. The molecule has 0 bridgehead atoms. The fourth-order valence-corrected chi connectivity index (χ4v) is 2.77. The standard InChI is InChI=1S/C13H11BrClF2N/c1-6(2)3-7-4-8(15)11-12(14)9(16)5-10(17)13(11)18-7/h4-6H,3H2,1-2H3. The molecule has 0 N–H and O–H groups in total. The van der Waals surface area contributed by atoms with Crippen molar-refractivity contribution in [1.29, 1.82) is 0 Å². The topological polar surface area (TPSA) is 12.9 Å². The summed E-state index contributed by atoms with van der Waals surface area (Å²) in [6, 6.07) is 2.47. The van der Waals surface area contributed by atoms with Crippen LogP contribution in [-0.2, 0) is 6.42 Å². The summed E-state index contributed by atoms with van der Waals surface area (Å²) >= 11 is 9.17. The molecule has 18 heavy (non-hydrogen) atoms. The van der Waals surface area contributed by atoms with E-state index in [0.717, 1.165) is 6.07 Å². The van der Waals surface area contributed by atoms with Crippen LogP contribution in [0.4, 0.5) is 8.78 Å². The average Bonchev–Trinajstić information content (AvgIpc) is 2.24. The molecule has 1 nitrogen and oxygen atoms in total. The van der Waals surface area contributed by atoms with E-state index in [1.165, 1.54) is 0 Å². The molecule has 1 aromatic heterocycles. The monoisotopic (exact) mass is 333 g/mol. The molecule has 0 aliphatic heterocycles. The number of hydrogen-bond donors (Lipinski definition) is 0. The van der Waals surface area contributed by atoms with E-state index in [1.807, 2.05) is 13.8 Å². The van der Waals surface area contributed by atoms with Crippen molar-refractivity contribution in [2.45, 2.75) is 20.3 Å². The Morgan fingerprint density at radius 1 is 1.28 bits per heavy atom. The summed E-state index contributed by atoms with van der Waals surface area (Å²) in [4.78, 5) is 4.22. The van der Waals surface area contributed by atoms with Gasteiger partial charge >= 0.3 is 0 Å². The van der Waals surface area contributed by atoms with Crippen LogP contribution in [0.25, 0.3) is 10.9 Å². The Kier molecular flexibility index (Phi) is 3.87. The Labute approximate surface area is 117 Å². The highest BCUT2D eigenvalue weighted by molar-refractivity contribution is 9.10. The molecule has 0 saturated carbocycles.